The summed E-state index contributed by atoms with van der Waals surface area (Å²) in [7, 11) is 0. The molecule has 0 amide bonds. The predicted octanol–water partition coefficient (Wildman–Crippen LogP) is 2.65. The van der Waals surface area contributed by atoms with Gasteiger partial charge in [0.05, 0.1) is 0 Å². The van der Waals surface area contributed by atoms with Crippen molar-refractivity contribution in [3.63, 3.8) is 0 Å². The molecule has 74 valence electrons. The van der Waals surface area contributed by atoms with Crippen LogP contribution in [0.3, 0.4) is 0 Å². The van der Waals surface area contributed by atoms with Crippen molar-refractivity contribution in [3.05, 3.63) is 5.82 Å². The molecule has 13 heavy (non-hydrogen) atoms. The second-order valence-electron chi connectivity index (χ2n) is 3.02. The summed E-state index contributed by atoms with van der Waals surface area (Å²) in [5.41, 5.74) is 0. The SMILES string of the molecule is CCCCc1nc(SCCC)n[nH]1. The predicted molar refractivity (Wildman–Crippen MR) is 56.0 cm³/mol. The number of thioether (sulfide) groups is 1. The number of hydrogen-bond donors (Lipinski definition) is 1. The minimum atomic E-state index is 0.896. The Morgan fingerprint density at radius 1 is 1.31 bits per heavy atom. The third kappa shape index (κ3) is 3.81. The fourth-order valence-corrected chi connectivity index (χ4v) is 1.66. The van der Waals surface area contributed by atoms with E-state index in [1.165, 1.54) is 19.3 Å². The van der Waals surface area contributed by atoms with Crippen molar-refractivity contribution in [3.8, 4) is 0 Å². The lowest BCUT2D eigenvalue weighted by atomic mass is 10.2. The van der Waals surface area contributed by atoms with E-state index in [1.54, 1.807) is 11.8 Å². The summed E-state index contributed by atoms with van der Waals surface area (Å²) < 4.78 is 0. The van der Waals surface area contributed by atoms with E-state index in [4.69, 9.17) is 0 Å². The molecule has 1 aromatic heterocycles. The molecule has 0 aliphatic carbocycles. The van der Waals surface area contributed by atoms with Crippen LogP contribution in [-0.2, 0) is 6.42 Å². The van der Waals surface area contributed by atoms with Crippen LogP contribution >= 0.6 is 11.8 Å². The standard InChI is InChI=1S/C9H17N3S/c1-3-5-6-8-10-9(12-11-8)13-7-4-2/h3-7H2,1-2H3,(H,10,11,12). The summed E-state index contributed by atoms with van der Waals surface area (Å²) in [6, 6.07) is 0. The number of aromatic nitrogens is 3. The maximum atomic E-state index is 4.38. The molecule has 4 heteroatoms. The van der Waals surface area contributed by atoms with Gasteiger partial charge in [-0.1, -0.05) is 32.0 Å². The van der Waals surface area contributed by atoms with Gasteiger partial charge in [0.25, 0.3) is 0 Å². The average Bonchev–Trinajstić information content (AvgIpc) is 2.59. The number of nitrogens with one attached hydrogen (secondary N) is 1. The van der Waals surface area contributed by atoms with Gasteiger partial charge in [0.2, 0.25) is 5.16 Å². The Balaban J connectivity index is 2.34. The largest absolute Gasteiger partial charge is 0.262 e. The Morgan fingerprint density at radius 2 is 2.15 bits per heavy atom. The molecule has 1 rings (SSSR count). The van der Waals surface area contributed by atoms with Crippen molar-refractivity contribution in [1.29, 1.82) is 0 Å². The Kier molecular flexibility index (Phi) is 4.90. The van der Waals surface area contributed by atoms with Crippen molar-refractivity contribution >= 4 is 11.8 Å². The van der Waals surface area contributed by atoms with Crippen LogP contribution in [0, 0.1) is 0 Å². The zero-order valence-electron chi connectivity index (χ0n) is 8.34. The molecule has 0 saturated carbocycles. The smallest absolute Gasteiger partial charge is 0.208 e. The fourth-order valence-electron chi connectivity index (χ4n) is 0.992. The van der Waals surface area contributed by atoms with Crippen molar-refractivity contribution < 1.29 is 0 Å². The zero-order valence-corrected chi connectivity index (χ0v) is 9.15. The molecular formula is C9H17N3S. The highest BCUT2D eigenvalue weighted by Gasteiger charge is 2.01. The molecule has 3 nitrogen and oxygen atoms in total. The first-order chi connectivity index (χ1) is 6.36. The van der Waals surface area contributed by atoms with E-state index in [9.17, 15) is 0 Å². The minimum Gasteiger partial charge on any atom is -0.262 e. The highest BCUT2D eigenvalue weighted by Crippen LogP contribution is 2.13. The van der Waals surface area contributed by atoms with Crippen LogP contribution < -0.4 is 0 Å². The Hall–Kier alpha value is -0.510. The van der Waals surface area contributed by atoms with E-state index in [0.717, 1.165) is 23.2 Å². The molecule has 0 bridgehead atoms. The molecule has 0 spiro atoms. The monoisotopic (exact) mass is 199 g/mol. The Morgan fingerprint density at radius 3 is 2.85 bits per heavy atom. The maximum absolute atomic E-state index is 4.38. The normalized spacial score (nSPS) is 10.6. The van der Waals surface area contributed by atoms with Crippen LogP contribution in [0.4, 0.5) is 0 Å². The number of H-pyrrole nitrogens is 1. The van der Waals surface area contributed by atoms with E-state index < -0.39 is 0 Å². The molecule has 1 N–H and O–H groups in total. The summed E-state index contributed by atoms with van der Waals surface area (Å²) in [4.78, 5) is 4.38. The maximum Gasteiger partial charge on any atom is 0.208 e. The molecule has 0 radical (unpaired) electrons. The zero-order chi connectivity index (χ0) is 9.52. The van der Waals surface area contributed by atoms with E-state index in [-0.39, 0.29) is 0 Å². The first-order valence-corrected chi connectivity index (χ1v) is 5.89. The molecule has 1 heterocycles. The van der Waals surface area contributed by atoms with Crippen LogP contribution in [0.2, 0.25) is 0 Å². The van der Waals surface area contributed by atoms with Gasteiger partial charge >= 0.3 is 0 Å². The van der Waals surface area contributed by atoms with Gasteiger partial charge in [-0.25, -0.2) is 4.98 Å². The topological polar surface area (TPSA) is 41.6 Å². The highest BCUT2D eigenvalue weighted by molar-refractivity contribution is 7.99. The molecule has 0 saturated heterocycles. The molecule has 0 atom stereocenters. The molecular weight excluding hydrogens is 182 g/mol. The van der Waals surface area contributed by atoms with Gasteiger partial charge in [-0.05, 0) is 12.8 Å². The summed E-state index contributed by atoms with van der Waals surface area (Å²) in [5, 5.41) is 8.00. The summed E-state index contributed by atoms with van der Waals surface area (Å²) in [6.07, 6.45) is 4.59. The molecule has 0 aromatic carbocycles. The van der Waals surface area contributed by atoms with Gasteiger partial charge in [-0.15, -0.1) is 5.10 Å². The number of unbranched alkanes of at least 4 members (excludes halogenated alkanes) is 1. The first kappa shape index (κ1) is 10.6. The van der Waals surface area contributed by atoms with E-state index in [1.807, 2.05) is 0 Å². The van der Waals surface area contributed by atoms with Crippen LogP contribution in [0.1, 0.15) is 38.9 Å². The molecule has 0 fully saturated rings. The Labute approximate surface area is 83.7 Å². The van der Waals surface area contributed by atoms with Gasteiger partial charge in [-0.3, -0.25) is 5.10 Å². The number of aryl methyl sites for hydroxylation is 1. The second-order valence-corrected chi connectivity index (χ2v) is 4.08. The summed E-state index contributed by atoms with van der Waals surface area (Å²) in [5.74, 6) is 2.13. The lowest BCUT2D eigenvalue weighted by molar-refractivity contribution is 0.755. The number of hydrogen-bond acceptors (Lipinski definition) is 3. The number of nitrogens with zero attached hydrogens (tertiary/aromatic N) is 2. The molecule has 0 unspecified atom stereocenters. The fraction of sp³-hybridized carbons (Fsp3) is 0.778. The third-order valence-corrected chi connectivity index (χ3v) is 2.77. The van der Waals surface area contributed by atoms with Gasteiger partial charge in [0, 0.05) is 12.2 Å². The molecule has 0 aliphatic heterocycles. The van der Waals surface area contributed by atoms with Gasteiger partial charge < -0.3 is 0 Å². The quantitative estimate of drug-likeness (QED) is 0.716. The lowest BCUT2D eigenvalue weighted by Gasteiger charge is -1.91. The summed E-state index contributed by atoms with van der Waals surface area (Å²) >= 11 is 1.72. The lowest BCUT2D eigenvalue weighted by Crippen LogP contribution is -1.86. The van der Waals surface area contributed by atoms with Gasteiger partial charge in [0.1, 0.15) is 5.82 Å². The van der Waals surface area contributed by atoms with Crippen LogP contribution in [0.15, 0.2) is 5.16 Å². The van der Waals surface area contributed by atoms with E-state index in [2.05, 4.69) is 29.0 Å². The van der Waals surface area contributed by atoms with Crippen molar-refractivity contribution in [1.82, 2.24) is 15.2 Å². The third-order valence-electron chi connectivity index (χ3n) is 1.71. The van der Waals surface area contributed by atoms with Crippen LogP contribution in [0.5, 0.6) is 0 Å². The Bertz CT molecular complexity index is 212. The van der Waals surface area contributed by atoms with Gasteiger partial charge in [-0.2, -0.15) is 0 Å². The molecule has 1 aromatic rings. The number of aromatic amines is 1. The van der Waals surface area contributed by atoms with Crippen molar-refractivity contribution in [2.75, 3.05) is 5.75 Å². The second kappa shape index (κ2) is 6.02. The van der Waals surface area contributed by atoms with E-state index in [0.29, 0.717) is 0 Å². The first-order valence-electron chi connectivity index (χ1n) is 4.90. The highest BCUT2D eigenvalue weighted by atomic mass is 32.2. The van der Waals surface area contributed by atoms with E-state index >= 15 is 0 Å². The minimum absolute atomic E-state index is 0.896. The number of rotatable bonds is 6. The van der Waals surface area contributed by atoms with Crippen LogP contribution in [0.25, 0.3) is 0 Å². The average molecular weight is 199 g/mol. The summed E-state index contributed by atoms with van der Waals surface area (Å²) in [6.45, 7) is 4.35. The van der Waals surface area contributed by atoms with Gasteiger partial charge in [0.15, 0.2) is 0 Å². The molecule has 0 aliphatic rings. The van der Waals surface area contributed by atoms with Crippen molar-refractivity contribution in [2.45, 2.75) is 44.7 Å². The van der Waals surface area contributed by atoms with Crippen LogP contribution in [-0.4, -0.2) is 20.9 Å². The van der Waals surface area contributed by atoms with Crippen molar-refractivity contribution in [2.24, 2.45) is 0 Å².